The van der Waals surface area contributed by atoms with Gasteiger partial charge in [-0.1, -0.05) is 43.8 Å². The number of benzene rings is 2. The number of amides is 1. The first-order chi connectivity index (χ1) is 15.0. The van der Waals surface area contributed by atoms with Gasteiger partial charge in [0.15, 0.2) is 11.0 Å². The highest BCUT2D eigenvalue weighted by atomic mass is 32.2. The Bertz CT molecular complexity index is 1030. The second-order valence-electron chi connectivity index (χ2n) is 7.64. The van der Waals surface area contributed by atoms with Crippen molar-refractivity contribution in [3.8, 4) is 17.1 Å². The fourth-order valence-electron chi connectivity index (χ4n) is 2.92. The van der Waals surface area contributed by atoms with E-state index in [4.69, 9.17) is 4.74 Å². The van der Waals surface area contributed by atoms with E-state index < -0.39 is 0 Å². The minimum Gasteiger partial charge on any atom is -0.493 e. The molecule has 1 N–H and O–H groups in total. The molecule has 0 bridgehead atoms. The lowest BCUT2D eigenvalue weighted by atomic mass is 10.2. The molecule has 0 fully saturated rings. The molecule has 31 heavy (non-hydrogen) atoms. The molecule has 3 aromatic rings. The fraction of sp³-hybridized carbons (Fsp3) is 0.292. The van der Waals surface area contributed by atoms with Crippen LogP contribution in [0, 0.1) is 12.8 Å². The van der Waals surface area contributed by atoms with E-state index in [0.29, 0.717) is 24.2 Å². The maximum Gasteiger partial charge on any atom is 0.234 e. The molecule has 0 unspecified atom stereocenters. The van der Waals surface area contributed by atoms with E-state index in [0.717, 1.165) is 28.4 Å². The Morgan fingerprint density at radius 2 is 2.00 bits per heavy atom. The van der Waals surface area contributed by atoms with Gasteiger partial charge in [0.25, 0.3) is 0 Å². The number of allylic oxidation sites excluding steroid dienone is 1. The lowest BCUT2D eigenvalue weighted by Crippen LogP contribution is -2.14. The van der Waals surface area contributed by atoms with Crippen LogP contribution in [-0.4, -0.2) is 33.0 Å². The molecule has 0 aliphatic heterocycles. The summed E-state index contributed by atoms with van der Waals surface area (Å²) in [5.74, 6) is 2.19. The van der Waals surface area contributed by atoms with Gasteiger partial charge in [-0.25, -0.2) is 0 Å². The van der Waals surface area contributed by atoms with Gasteiger partial charge in [0.1, 0.15) is 5.75 Å². The molecule has 1 heterocycles. The zero-order valence-electron chi connectivity index (χ0n) is 18.2. The molecule has 0 aliphatic carbocycles. The number of nitrogens with zero attached hydrogens (tertiary/aromatic N) is 3. The third kappa shape index (κ3) is 6.46. The van der Waals surface area contributed by atoms with E-state index >= 15 is 0 Å². The Hall–Kier alpha value is -3.06. The van der Waals surface area contributed by atoms with Gasteiger partial charge >= 0.3 is 0 Å². The van der Waals surface area contributed by atoms with E-state index in [1.807, 2.05) is 60.0 Å². The van der Waals surface area contributed by atoms with Gasteiger partial charge in [-0.3, -0.25) is 9.36 Å². The predicted octanol–water partition coefficient (Wildman–Crippen LogP) is 5.21. The average molecular weight is 437 g/mol. The van der Waals surface area contributed by atoms with Crippen LogP contribution >= 0.6 is 11.8 Å². The molecule has 2 aromatic carbocycles. The van der Waals surface area contributed by atoms with Gasteiger partial charge in [-0.05, 0) is 54.8 Å². The van der Waals surface area contributed by atoms with Crippen LogP contribution < -0.4 is 10.1 Å². The Morgan fingerprint density at radius 3 is 2.68 bits per heavy atom. The van der Waals surface area contributed by atoms with Crippen LogP contribution in [0.15, 0.2) is 66.3 Å². The highest BCUT2D eigenvalue weighted by molar-refractivity contribution is 7.99. The fourth-order valence-corrected chi connectivity index (χ4v) is 3.66. The number of aryl methyl sites for hydroxylation is 1. The maximum atomic E-state index is 12.4. The molecular formula is C24H28N4O2S. The Labute approximate surface area is 187 Å². The normalized spacial score (nSPS) is 10.8. The number of aromatic nitrogens is 3. The summed E-state index contributed by atoms with van der Waals surface area (Å²) in [7, 11) is 0. The van der Waals surface area contributed by atoms with Gasteiger partial charge < -0.3 is 10.1 Å². The van der Waals surface area contributed by atoms with Crippen LogP contribution in [0.1, 0.15) is 19.4 Å². The number of hydrogen-bond donors (Lipinski definition) is 1. The number of anilines is 1. The first-order valence-corrected chi connectivity index (χ1v) is 11.2. The second kappa shape index (κ2) is 10.8. The van der Waals surface area contributed by atoms with Gasteiger partial charge in [0, 0.05) is 17.8 Å². The van der Waals surface area contributed by atoms with Crippen LogP contribution in [0.3, 0.4) is 0 Å². The molecule has 0 saturated carbocycles. The van der Waals surface area contributed by atoms with E-state index in [1.165, 1.54) is 11.8 Å². The Balaban J connectivity index is 1.68. The van der Waals surface area contributed by atoms with Crippen LogP contribution in [-0.2, 0) is 11.3 Å². The van der Waals surface area contributed by atoms with Gasteiger partial charge in [0.05, 0.1) is 12.4 Å². The van der Waals surface area contributed by atoms with Crippen molar-refractivity contribution in [3.05, 3.63) is 66.7 Å². The minimum absolute atomic E-state index is 0.0862. The molecule has 6 nitrogen and oxygen atoms in total. The summed E-state index contributed by atoms with van der Waals surface area (Å²) >= 11 is 1.35. The van der Waals surface area contributed by atoms with Crippen LogP contribution in [0.25, 0.3) is 11.4 Å². The second-order valence-corrected chi connectivity index (χ2v) is 8.58. The zero-order valence-corrected chi connectivity index (χ0v) is 19.0. The van der Waals surface area contributed by atoms with Crippen LogP contribution in [0.4, 0.5) is 5.69 Å². The molecule has 0 atom stereocenters. The largest absolute Gasteiger partial charge is 0.493 e. The molecule has 0 saturated heterocycles. The standard InChI is InChI=1S/C24H28N4O2S/c1-5-13-28-23(19-9-11-21(12-10-19)30-15-17(2)3)26-27-24(28)31-16-22(29)25-20-8-6-7-18(4)14-20/h5-12,14,17H,1,13,15-16H2,2-4H3,(H,25,29). The highest BCUT2D eigenvalue weighted by Gasteiger charge is 2.15. The number of thioether (sulfide) groups is 1. The van der Waals surface area contributed by atoms with E-state index in [9.17, 15) is 4.79 Å². The van der Waals surface area contributed by atoms with Crippen molar-refractivity contribution in [2.45, 2.75) is 32.5 Å². The third-order valence-electron chi connectivity index (χ3n) is 4.36. The topological polar surface area (TPSA) is 69.0 Å². The number of carbonyl (C=O) groups is 1. The van der Waals surface area contributed by atoms with Crippen molar-refractivity contribution in [3.63, 3.8) is 0 Å². The SMILES string of the molecule is C=CCn1c(SCC(=O)Nc2cccc(C)c2)nnc1-c1ccc(OCC(C)C)cc1. The van der Waals surface area contributed by atoms with Gasteiger partial charge in [0.2, 0.25) is 5.91 Å². The molecule has 1 aromatic heterocycles. The summed E-state index contributed by atoms with van der Waals surface area (Å²) in [4.78, 5) is 12.4. The zero-order chi connectivity index (χ0) is 22.2. The number of carbonyl (C=O) groups excluding carboxylic acids is 1. The first kappa shape index (κ1) is 22.6. The van der Waals surface area contributed by atoms with Gasteiger partial charge in [-0.2, -0.15) is 0 Å². The quantitative estimate of drug-likeness (QED) is 0.349. The van der Waals surface area contributed by atoms with Crippen LogP contribution in [0.2, 0.25) is 0 Å². The molecule has 7 heteroatoms. The van der Waals surface area contributed by atoms with Crippen LogP contribution in [0.5, 0.6) is 5.75 Å². The smallest absolute Gasteiger partial charge is 0.234 e. The molecule has 3 rings (SSSR count). The molecule has 1 amide bonds. The lowest BCUT2D eigenvalue weighted by Gasteiger charge is -2.10. The van der Waals surface area contributed by atoms with Crippen molar-refractivity contribution >= 4 is 23.4 Å². The number of nitrogens with one attached hydrogen (secondary N) is 1. The summed E-state index contributed by atoms with van der Waals surface area (Å²) in [6.07, 6.45) is 1.80. The number of rotatable bonds is 10. The summed E-state index contributed by atoms with van der Waals surface area (Å²) in [6.45, 7) is 11.3. The predicted molar refractivity (Wildman–Crippen MR) is 127 cm³/mol. The summed E-state index contributed by atoms with van der Waals surface area (Å²) in [5, 5.41) is 12.3. The minimum atomic E-state index is -0.0862. The highest BCUT2D eigenvalue weighted by Crippen LogP contribution is 2.26. The van der Waals surface area contributed by atoms with Gasteiger partial charge in [-0.15, -0.1) is 16.8 Å². The van der Waals surface area contributed by atoms with E-state index in [1.54, 1.807) is 6.08 Å². The van der Waals surface area contributed by atoms with Crippen molar-refractivity contribution in [1.82, 2.24) is 14.8 Å². The maximum absolute atomic E-state index is 12.4. The Morgan fingerprint density at radius 1 is 1.23 bits per heavy atom. The van der Waals surface area contributed by atoms with Crippen molar-refractivity contribution in [2.24, 2.45) is 5.92 Å². The molecule has 0 radical (unpaired) electrons. The molecule has 162 valence electrons. The number of ether oxygens (including phenoxy) is 1. The first-order valence-electron chi connectivity index (χ1n) is 10.2. The van der Waals surface area contributed by atoms with E-state index in [-0.39, 0.29) is 11.7 Å². The van der Waals surface area contributed by atoms with Crippen molar-refractivity contribution in [2.75, 3.05) is 17.7 Å². The lowest BCUT2D eigenvalue weighted by molar-refractivity contribution is -0.113. The molecule has 0 aliphatic rings. The molecule has 0 spiro atoms. The van der Waals surface area contributed by atoms with Crippen molar-refractivity contribution < 1.29 is 9.53 Å². The Kier molecular flexibility index (Phi) is 7.89. The van der Waals surface area contributed by atoms with Crippen molar-refractivity contribution in [1.29, 1.82) is 0 Å². The molecular weight excluding hydrogens is 408 g/mol. The summed E-state index contributed by atoms with van der Waals surface area (Å²) < 4.78 is 7.71. The monoisotopic (exact) mass is 436 g/mol. The third-order valence-corrected chi connectivity index (χ3v) is 5.33. The summed E-state index contributed by atoms with van der Waals surface area (Å²) in [6, 6.07) is 15.5. The summed E-state index contributed by atoms with van der Waals surface area (Å²) in [5.41, 5.74) is 2.82. The van der Waals surface area contributed by atoms with E-state index in [2.05, 4.69) is 35.9 Å². The number of hydrogen-bond acceptors (Lipinski definition) is 5. The average Bonchev–Trinajstić information content (AvgIpc) is 3.14.